The summed E-state index contributed by atoms with van der Waals surface area (Å²) in [6.45, 7) is 9.70. The number of hydrogen-bond donors (Lipinski definition) is 0. The molecule has 0 saturated heterocycles. The molecule has 0 amide bonds. The highest BCUT2D eigenvalue weighted by Crippen LogP contribution is 2.40. The number of alkyl halides is 1. The minimum atomic E-state index is -1.74. The molecule has 1 heterocycles. The lowest BCUT2D eigenvalue weighted by Crippen LogP contribution is -2.36. The lowest BCUT2D eigenvalue weighted by atomic mass is 10.1. The molecule has 136 valence electrons. The van der Waals surface area contributed by atoms with Gasteiger partial charge in [0.1, 0.15) is 8.07 Å². The highest BCUT2D eigenvalue weighted by atomic mass is 79.9. The first-order valence-corrected chi connectivity index (χ1v) is 14.3. The third-order valence-corrected chi connectivity index (χ3v) is 12.0. The van der Waals surface area contributed by atoms with Gasteiger partial charge in [-0.25, -0.2) is 0 Å². The summed E-state index contributed by atoms with van der Waals surface area (Å²) in [7, 11) is -1.74. The average molecular weight is 452 g/mol. The van der Waals surface area contributed by atoms with E-state index < -0.39 is 8.07 Å². The molecule has 2 aliphatic carbocycles. The molecule has 3 heteroatoms. The van der Waals surface area contributed by atoms with E-state index in [2.05, 4.69) is 91.4 Å². The zero-order valence-corrected chi connectivity index (χ0v) is 19.6. The van der Waals surface area contributed by atoms with E-state index in [1.165, 1.54) is 43.2 Å². The van der Waals surface area contributed by atoms with Crippen molar-refractivity contribution in [3.63, 3.8) is 0 Å². The van der Waals surface area contributed by atoms with E-state index in [1.807, 2.05) is 11.8 Å². The average Bonchev–Trinajstić information content (AvgIpc) is 3.29. The van der Waals surface area contributed by atoms with Crippen molar-refractivity contribution >= 4 is 59.2 Å². The van der Waals surface area contributed by atoms with Crippen LogP contribution in [0.3, 0.4) is 0 Å². The summed E-state index contributed by atoms with van der Waals surface area (Å²) in [6, 6.07) is 11.4. The molecule has 1 aliphatic heterocycles. The molecule has 5 rings (SSSR count). The van der Waals surface area contributed by atoms with Gasteiger partial charge < -0.3 is 0 Å². The van der Waals surface area contributed by atoms with Crippen LogP contribution in [0.2, 0.25) is 13.1 Å². The Morgan fingerprint density at radius 3 is 2.67 bits per heavy atom. The third kappa shape index (κ3) is 2.62. The molecular weight excluding hydrogens is 428 g/mol. The largest absolute Gasteiger partial charge is 0.109 e. The van der Waals surface area contributed by atoms with Crippen LogP contribution in [0.15, 0.2) is 46.0 Å². The van der Waals surface area contributed by atoms with Crippen LogP contribution in [0.5, 0.6) is 0 Å². The van der Waals surface area contributed by atoms with E-state index in [9.17, 15) is 0 Å². The van der Waals surface area contributed by atoms with Crippen LogP contribution in [0.4, 0.5) is 0 Å². The van der Waals surface area contributed by atoms with Gasteiger partial charge in [0.25, 0.3) is 0 Å². The fourth-order valence-electron chi connectivity index (χ4n) is 4.97. The Balaban J connectivity index is 1.71. The highest BCUT2D eigenvalue weighted by Gasteiger charge is 2.36. The summed E-state index contributed by atoms with van der Waals surface area (Å²) in [5, 5.41) is 6.23. The lowest BCUT2D eigenvalue weighted by Gasteiger charge is -2.27. The summed E-state index contributed by atoms with van der Waals surface area (Å²) < 4.78 is 0.402. The summed E-state index contributed by atoms with van der Waals surface area (Å²) >= 11 is 5.70. The Kier molecular flexibility index (Phi) is 4.02. The van der Waals surface area contributed by atoms with Crippen molar-refractivity contribution in [1.29, 1.82) is 0 Å². The zero-order chi connectivity index (χ0) is 18.9. The number of benzene rings is 2. The van der Waals surface area contributed by atoms with Crippen molar-refractivity contribution in [2.24, 2.45) is 0 Å². The van der Waals surface area contributed by atoms with Gasteiger partial charge in [-0.2, -0.15) is 0 Å². The van der Waals surface area contributed by atoms with Crippen molar-refractivity contribution in [3.05, 3.63) is 73.8 Å². The van der Waals surface area contributed by atoms with Gasteiger partial charge in [-0.1, -0.05) is 82.3 Å². The van der Waals surface area contributed by atoms with Crippen molar-refractivity contribution in [1.82, 2.24) is 0 Å². The Morgan fingerprint density at radius 2 is 1.89 bits per heavy atom. The minimum absolute atomic E-state index is 0.402. The zero-order valence-electron chi connectivity index (χ0n) is 16.2. The van der Waals surface area contributed by atoms with E-state index in [-0.39, 0.29) is 0 Å². The summed E-state index contributed by atoms with van der Waals surface area (Å²) in [6.07, 6.45) is 8.40. The SMILES string of the molecule is CC1=Cc2c(C)c3c(cc2=C1[Si](C)(C)C1=Cc2ccccc2C1)SC(Br)C=3. The molecule has 0 radical (unpaired) electrons. The maximum atomic E-state index is 3.76. The van der Waals surface area contributed by atoms with Crippen LogP contribution >= 0.6 is 27.7 Å². The molecule has 27 heavy (non-hydrogen) atoms. The fraction of sp³-hybridized carbons (Fsp3) is 0.250. The molecule has 2 aromatic carbocycles. The second-order valence-corrected chi connectivity index (χ2v) is 15.6. The van der Waals surface area contributed by atoms with Gasteiger partial charge in [-0.15, -0.1) is 11.8 Å². The quantitative estimate of drug-likeness (QED) is 0.423. The van der Waals surface area contributed by atoms with Crippen LogP contribution in [0.25, 0.3) is 23.4 Å². The highest BCUT2D eigenvalue weighted by molar-refractivity contribution is 9.11. The monoisotopic (exact) mass is 450 g/mol. The fourth-order valence-corrected chi connectivity index (χ4v) is 10.2. The molecule has 0 bridgehead atoms. The van der Waals surface area contributed by atoms with Crippen molar-refractivity contribution in [3.8, 4) is 0 Å². The normalized spacial score (nSPS) is 20.0. The second kappa shape index (κ2) is 6.10. The van der Waals surface area contributed by atoms with E-state index in [4.69, 9.17) is 0 Å². The van der Waals surface area contributed by atoms with E-state index in [0.717, 1.165) is 6.42 Å². The molecule has 0 nitrogen and oxygen atoms in total. The molecular formula is C24H23BrSSi. The van der Waals surface area contributed by atoms with Gasteiger partial charge >= 0.3 is 0 Å². The Morgan fingerprint density at radius 1 is 1.11 bits per heavy atom. The van der Waals surface area contributed by atoms with Crippen LogP contribution in [-0.4, -0.2) is 12.2 Å². The smallest absolute Gasteiger partial charge is 0.106 e. The molecule has 0 fully saturated rings. The van der Waals surface area contributed by atoms with E-state index in [0.29, 0.717) is 4.16 Å². The number of thioether (sulfide) groups is 1. The van der Waals surface area contributed by atoms with Crippen LogP contribution in [0, 0.1) is 6.92 Å². The maximum Gasteiger partial charge on any atom is 0.109 e. The molecule has 1 atom stereocenters. The van der Waals surface area contributed by atoms with Crippen molar-refractivity contribution in [2.45, 2.75) is 42.4 Å². The number of fused-ring (bicyclic) bond motifs is 3. The second-order valence-electron chi connectivity index (χ2n) is 8.38. The number of rotatable bonds is 2. The molecule has 3 aliphatic rings. The first-order chi connectivity index (χ1) is 12.9. The Hall–Kier alpha value is -1.29. The Labute approximate surface area is 174 Å². The predicted octanol–water partition coefficient (Wildman–Crippen LogP) is 5.60. The lowest BCUT2D eigenvalue weighted by molar-refractivity contribution is 1.25. The van der Waals surface area contributed by atoms with Gasteiger partial charge in [0.2, 0.25) is 0 Å². The maximum absolute atomic E-state index is 3.76. The van der Waals surface area contributed by atoms with Gasteiger partial charge in [-0.05, 0) is 64.2 Å². The minimum Gasteiger partial charge on any atom is -0.106 e. The molecule has 0 saturated carbocycles. The van der Waals surface area contributed by atoms with Gasteiger partial charge in [0, 0.05) is 4.90 Å². The summed E-state index contributed by atoms with van der Waals surface area (Å²) in [4.78, 5) is 1.43. The molecule has 1 unspecified atom stereocenters. The van der Waals surface area contributed by atoms with Gasteiger partial charge in [-0.3, -0.25) is 0 Å². The third-order valence-electron chi connectivity index (χ3n) is 6.39. The number of halogens is 1. The number of allylic oxidation sites excluding steroid dienone is 2. The first kappa shape index (κ1) is 17.8. The summed E-state index contributed by atoms with van der Waals surface area (Å²) in [5.41, 5.74) is 7.29. The van der Waals surface area contributed by atoms with Crippen LogP contribution in [-0.2, 0) is 6.42 Å². The summed E-state index contributed by atoms with van der Waals surface area (Å²) in [5.74, 6) is 0. The van der Waals surface area contributed by atoms with Crippen LogP contribution in [0.1, 0.15) is 29.2 Å². The molecule has 0 aromatic heterocycles. The predicted molar refractivity (Wildman–Crippen MR) is 126 cm³/mol. The van der Waals surface area contributed by atoms with Crippen LogP contribution < -0.4 is 10.4 Å². The first-order valence-electron chi connectivity index (χ1n) is 9.55. The number of hydrogen-bond acceptors (Lipinski definition) is 1. The topological polar surface area (TPSA) is 0 Å². The standard InChI is InChI=1S/C24H23BrSSi/c1-14-9-19-15(2)20-13-23(25)26-22(20)12-21(19)24(14)27(3,4)18-10-16-7-5-6-8-17(16)11-18/h5-10,12-13,23H,11H2,1-4H3. The molecule has 2 aromatic rings. The Bertz CT molecular complexity index is 1180. The van der Waals surface area contributed by atoms with Gasteiger partial charge in [0.15, 0.2) is 0 Å². The van der Waals surface area contributed by atoms with Crippen molar-refractivity contribution in [2.75, 3.05) is 0 Å². The molecule has 0 N–H and O–H groups in total. The van der Waals surface area contributed by atoms with E-state index in [1.54, 1.807) is 10.4 Å². The van der Waals surface area contributed by atoms with Crippen molar-refractivity contribution < 1.29 is 0 Å². The molecule has 0 spiro atoms. The van der Waals surface area contributed by atoms with Gasteiger partial charge in [0.05, 0.1) is 4.16 Å². The van der Waals surface area contributed by atoms with E-state index >= 15 is 0 Å².